The summed E-state index contributed by atoms with van der Waals surface area (Å²) in [7, 11) is 3.83. The summed E-state index contributed by atoms with van der Waals surface area (Å²) in [6, 6.07) is 6.25. The Bertz CT molecular complexity index is 373. The summed E-state index contributed by atoms with van der Waals surface area (Å²) in [5.41, 5.74) is 7.73. The largest absolute Gasteiger partial charge is 0.497 e. The molecule has 0 radical (unpaired) electrons. The van der Waals surface area contributed by atoms with E-state index in [0.29, 0.717) is 6.04 Å². The van der Waals surface area contributed by atoms with Crippen LogP contribution in [-0.4, -0.2) is 38.2 Å². The summed E-state index contributed by atoms with van der Waals surface area (Å²) in [5, 5.41) is 3.51. The molecule has 0 saturated carbocycles. The van der Waals surface area contributed by atoms with Gasteiger partial charge >= 0.3 is 0 Å². The Morgan fingerprint density at radius 1 is 1.35 bits per heavy atom. The van der Waals surface area contributed by atoms with Gasteiger partial charge < -0.3 is 20.7 Å². The molecule has 4 nitrogen and oxygen atoms in total. The third-order valence-electron chi connectivity index (χ3n) is 3.34. The normalized spacial score (nSPS) is 18.0. The fourth-order valence-corrected chi connectivity index (χ4v) is 2.16. The van der Waals surface area contributed by atoms with Crippen molar-refractivity contribution in [2.24, 2.45) is 0 Å². The zero-order valence-corrected chi connectivity index (χ0v) is 10.6. The third kappa shape index (κ3) is 3.03. The van der Waals surface area contributed by atoms with E-state index >= 15 is 0 Å². The molecule has 1 aliphatic rings. The van der Waals surface area contributed by atoms with Gasteiger partial charge in [-0.05, 0) is 45.1 Å². The molecular weight excluding hydrogens is 214 g/mol. The van der Waals surface area contributed by atoms with Gasteiger partial charge in [-0.15, -0.1) is 0 Å². The predicted octanol–water partition coefficient (Wildman–Crippen LogP) is 1.78. The molecule has 0 aromatic heterocycles. The minimum atomic E-state index is 0.514. The lowest BCUT2D eigenvalue weighted by Gasteiger charge is -2.30. The number of benzene rings is 1. The Balaban J connectivity index is 2.02. The number of ether oxygens (including phenoxy) is 1. The maximum absolute atomic E-state index is 5.96. The zero-order valence-electron chi connectivity index (χ0n) is 10.6. The van der Waals surface area contributed by atoms with Crippen molar-refractivity contribution in [1.29, 1.82) is 0 Å². The molecule has 1 heterocycles. The number of rotatable bonds is 3. The highest BCUT2D eigenvalue weighted by Gasteiger charge is 2.17. The van der Waals surface area contributed by atoms with Gasteiger partial charge in [-0.1, -0.05) is 0 Å². The van der Waals surface area contributed by atoms with Crippen LogP contribution < -0.4 is 15.8 Å². The number of nitrogens with one attached hydrogen (secondary N) is 1. The number of methoxy groups -OCH3 is 1. The number of anilines is 2. The number of hydrogen-bond acceptors (Lipinski definition) is 4. The molecule has 3 N–H and O–H groups in total. The molecule has 1 aromatic carbocycles. The van der Waals surface area contributed by atoms with Crippen molar-refractivity contribution in [3.05, 3.63) is 18.2 Å². The number of nitrogens with zero attached hydrogens (tertiary/aromatic N) is 1. The van der Waals surface area contributed by atoms with Crippen LogP contribution in [0.25, 0.3) is 0 Å². The molecule has 94 valence electrons. The van der Waals surface area contributed by atoms with Crippen LogP contribution in [0.3, 0.4) is 0 Å². The number of nitrogens with two attached hydrogens (primary N) is 1. The van der Waals surface area contributed by atoms with E-state index in [1.165, 1.54) is 0 Å². The van der Waals surface area contributed by atoms with Gasteiger partial charge in [-0.25, -0.2) is 0 Å². The molecule has 0 aliphatic carbocycles. The van der Waals surface area contributed by atoms with Gasteiger partial charge in [-0.3, -0.25) is 0 Å². The molecule has 1 fully saturated rings. The van der Waals surface area contributed by atoms with Gasteiger partial charge in [0.1, 0.15) is 5.75 Å². The van der Waals surface area contributed by atoms with Crippen LogP contribution in [0.1, 0.15) is 12.8 Å². The number of hydrogen-bond donors (Lipinski definition) is 2. The number of likely N-dealkylation sites (tertiary alicyclic amines) is 1. The Morgan fingerprint density at radius 2 is 2.06 bits per heavy atom. The standard InChI is InChI=1S/C13H21N3O/c1-16-7-5-10(6-8-16)15-13-9-11(17-2)3-4-12(13)14/h3-4,9-10,15H,5-8,14H2,1-2H3. The summed E-state index contributed by atoms with van der Waals surface area (Å²) in [6.07, 6.45) is 2.32. The molecule has 0 spiro atoms. The first-order valence-corrected chi connectivity index (χ1v) is 6.07. The zero-order chi connectivity index (χ0) is 12.3. The van der Waals surface area contributed by atoms with E-state index in [9.17, 15) is 0 Å². The summed E-state index contributed by atoms with van der Waals surface area (Å²) < 4.78 is 5.21. The van der Waals surface area contributed by atoms with Gasteiger partial charge in [0.2, 0.25) is 0 Å². The van der Waals surface area contributed by atoms with E-state index in [2.05, 4.69) is 17.3 Å². The van der Waals surface area contributed by atoms with Crippen molar-refractivity contribution in [3.8, 4) is 5.75 Å². The van der Waals surface area contributed by atoms with Gasteiger partial charge in [0.15, 0.2) is 0 Å². The lowest BCUT2D eigenvalue weighted by Crippen LogP contribution is -2.36. The molecule has 0 atom stereocenters. The number of piperidine rings is 1. The van der Waals surface area contributed by atoms with E-state index in [1.54, 1.807) is 7.11 Å². The van der Waals surface area contributed by atoms with Crippen LogP contribution in [0.5, 0.6) is 5.75 Å². The van der Waals surface area contributed by atoms with Crippen LogP contribution in [0.15, 0.2) is 18.2 Å². The maximum atomic E-state index is 5.96. The van der Waals surface area contributed by atoms with E-state index < -0.39 is 0 Å². The van der Waals surface area contributed by atoms with Crippen molar-refractivity contribution >= 4 is 11.4 Å². The van der Waals surface area contributed by atoms with Crippen LogP contribution in [0.2, 0.25) is 0 Å². The first-order chi connectivity index (χ1) is 8.19. The van der Waals surface area contributed by atoms with Crippen LogP contribution >= 0.6 is 0 Å². The fraction of sp³-hybridized carbons (Fsp3) is 0.538. The smallest absolute Gasteiger partial charge is 0.121 e. The highest BCUT2D eigenvalue weighted by atomic mass is 16.5. The average molecular weight is 235 g/mol. The molecule has 0 bridgehead atoms. The fourth-order valence-electron chi connectivity index (χ4n) is 2.16. The van der Waals surface area contributed by atoms with Crippen molar-refractivity contribution in [2.75, 3.05) is 38.3 Å². The highest BCUT2D eigenvalue weighted by molar-refractivity contribution is 5.68. The van der Waals surface area contributed by atoms with Crippen molar-refractivity contribution < 1.29 is 4.74 Å². The highest BCUT2D eigenvalue weighted by Crippen LogP contribution is 2.26. The second-order valence-corrected chi connectivity index (χ2v) is 4.68. The van der Waals surface area contributed by atoms with E-state index in [0.717, 1.165) is 43.1 Å². The topological polar surface area (TPSA) is 50.5 Å². The van der Waals surface area contributed by atoms with Gasteiger partial charge in [0.25, 0.3) is 0 Å². The number of nitrogen functional groups attached to an aromatic ring is 1. The van der Waals surface area contributed by atoms with Gasteiger partial charge in [-0.2, -0.15) is 0 Å². The van der Waals surface area contributed by atoms with Gasteiger partial charge in [0, 0.05) is 12.1 Å². The molecular formula is C13H21N3O. The molecule has 0 unspecified atom stereocenters. The lowest BCUT2D eigenvalue weighted by molar-refractivity contribution is 0.264. The van der Waals surface area contributed by atoms with Crippen LogP contribution in [0, 0.1) is 0 Å². The summed E-state index contributed by atoms with van der Waals surface area (Å²) in [5.74, 6) is 0.842. The van der Waals surface area contributed by atoms with Crippen molar-refractivity contribution in [3.63, 3.8) is 0 Å². The summed E-state index contributed by atoms with van der Waals surface area (Å²) >= 11 is 0. The molecule has 4 heteroatoms. The van der Waals surface area contributed by atoms with Crippen LogP contribution in [0.4, 0.5) is 11.4 Å². The van der Waals surface area contributed by atoms with Crippen molar-refractivity contribution in [2.45, 2.75) is 18.9 Å². The van der Waals surface area contributed by atoms with E-state index in [4.69, 9.17) is 10.5 Å². The second-order valence-electron chi connectivity index (χ2n) is 4.68. The third-order valence-corrected chi connectivity index (χ3v) is 3.34. The van der Waals surface area contributed by atoms with E-state index in [-0.39, 0.29) is 0 Å². The predicted molar refractivity (Wildman–Crippen MR) is 71.5 cm³/mol. The molecule has 0 amide bonds. The second kappa shape index (κ2) is 5.27. The minimum absolute atomic E-state index is 0.514. The molecule has 1 aromatic rings. The Labute approximate surface area is 103 Å². The lowest BCUT2D eigenvalue weighted by atomic mass is 10.0. The Morgan fingerprint density at radius 3 is 2.71 bits per heavy atom. The van der Waals surface area contributed by atoms with Crippen molar-refractivity contribution in [1.82, 2.24) is 4.90 Å². The first-order valence-electron chi connectivity index (χ1n) is 6.07. The maximum Gasteiger partial charge on any atom is 0.121 e. The monoisotopic (exact) mass is 235 g/mol. The summed E-state index contributed by atoms with van der Waals surface area (Å²) in [4.78, 5) is 2.35. The Hall–Kier alpha value is -1.42. The Kier molecular flexibility index (Phi) is 3.74. The average Bonchev–Trinajstić information content (AvgIpc) is 2.35. The molecule has 2 rings (SSSR count). The molecule has 1 aliphatic heterocycles. The van der Waals surface area contributed by atoms with Gasteiger partial charge in [0.05, 0.1) is 18.5 Å². The molecule has 17 heavy (non-hydrogen) atoms. The molecule has 1 saturated heterocycles. The summed E-state index contributed by atoms with van der Waals surface area (Å²) in [6.45, 7) is 2.28. The minimum Gasteiger partial charge on any atom is -0.497 e. The SMILES string of the molecule is COc1ccc(N)c(NC2CCN(C)CC2)c1. The quantitative estimate of drug-likeness (QED) is 0.784. The first kappa shape index (κ1) is 12.0. The van der Waals surface area contributed by atoms with Crippen LogP contribution in [-0.2, 0) is 0 Å². The van der Waals surface area contributed by atoms with E-state index in [1.807, 2.05) is 18.2 Å².